The number of aliphatic imine (C=N–C) groups is 1. The zero-order valence-corrected chi connectivity index (χ0v) is 20.3. The fraction of sp³-hybridized carbons (Fsp3) is 0.346. The van der Waals surface area contributed by atoms with Crippen molar-refractivity contribution in [3.63, 3.8) is 0 Å². The number of nitrogens with one attached hydrogen (secondary N) is 2. The minimum atomic E-state index is -0.988. The van der Waals surface area contributed by atoms with Crippen LogP contribution in [0.3, 0.4) is 0 Å². The summed E-state index contributed by atoms with van der Waals surface area (Å²) in [6.45, 7) is 7.58. The third-order valence-electron chi connectivity index (χ3n) is 4.95. The SMILES string of the molecule is C#Cc1ccc(CN(C(=O)NC[C@H](C)C(=O)O)C(=NC)Nc2ccc(OC(C)C)c(C)c2)cc1. The van der Waals surface area contributed by atoms with Crippen molar-refractivity contribution in [2.75, 3.05) is 18.9 Å². The molecule has 3 N–H and O–H groups in total. The molecule has 2 aromatic rings. The number of aliphatic carboxylic acids is 1. The second kappa shape index (κ2) is 12.3. The fourth-order valence-electron chi connectivity index (χ4n) is 3.04. The third kappa shape index (κ3) is 7.55. The first kappa shape index (κ1) is 26.3. The number of benzene rings is 2. The number of hydrogen-bond donors (Lipinski definition) is 3. The smallest absolute Gasteiger partial charge is 0.324 e. The van der Waals surface area contributed by atoms with Crippen molar-refractivity contribution in [3.05, 3.63) is 59.2 Å². The average Bonchev–Trinajstić information content (AvgIpc) is 2.81. The van der Waals surface area contributed by atoms with Crippen LogP contribution in [0, 0.1) is 25.2 Å². The van der Waals surface area contributed by atoms with Gasteiger partial charge in [-0.2, -0.15) is 0 Å². The van der Waals surface area contributed by atoms with E-state index in [4.69, 9.17) is 16.3 Å². The standard InChI is InChI=1S/C26H32N4O4/c1-7-20-8-10-21(11-9-20)16-30(26(33)28-15-19(5)24(31)32)25(27-6)29-22-12-13-23(18(4)14-22)34-17(2)3/h1,8-14,17,19H,15-16H2,2-6H3,(H,27,29)(H,28,33)(H,31,32)/t19-/m0/s1. The second-order valence-electron chi connectivity index (χ2n) is 8.17. The predicted molar refractivity (Wildman–Crippen MR) is 134 cm³/mol. The Bertz CT molecular complexity index is 1070. The van der Waals surface area contributed by atoms with Gasteiger partial charge in [-0.15, -0.1) is 6.42 Å². The molecule has 180 valence electrons. The molecule has 8 nitrogen and oxygen atoms in total. The summed E-state index contributed by atoms with van der Waals surface area (Å²) in [5, 5.41) is 15.0. The summed E-state index contributed by atoms with van der Waals surface area (Å²) in [4.78, 5) is 30.0. The normalized spacial score (nSPS) is 12.0. The highest BCUT2D eigenvalue weighted by molar-refractivity contribution is 6.03. The van der Waals surface area contributed by atoms with Crippen LogP contribution in [0.15, 0.2) is 47.5 Å². The summed E-state index contributed by atoms with van der Waals surface area (Å²) >= 11 is 0. The van der Waals surface area contributed by atoms with Gasteiger partial charge in [-0.25, -0.2) is 4.79 Å². The molecule has 0 bridgehead atoms. The molecule has 0 heterocycles. The summed E-state index contributed by atoms with van der Waals surface area (Å²) in [6.07, 6.45) is 5.49. The molecule has 0 spiro atoms. The Morgan fingerprint density at radius 1 is 1.18 bits per heavy atom. The van der Waals surface area contributed by atoms with Gasteiger partial charge in [-0.1, -0.05) is 25.0 Å². The van der Waals surface area contributed by atoms with Crippen molar-refractivity contribution in [1.29, 1.82) is 0 Å². The topological polar surface area (TPSA) is 103 Å². The van der Waals surface area contributed by atoms with Crippen LogP contribution in [-0.2, 0) is 11.3 Å². The highest BCUT2D eigenvalue weighted by Crippen LogP contribution is 2.23. The maximum Gasteiger partial charge on any atom is 0.324 e. The van der Waals surface area contributed by atoms with E-state index in [1.165, 1.54) is 11.8 Å². The number of rotatable bonds is 8. The number of aryl methyl sites for hydroxylation is 1. The Morgan fingerprint density at radius 2 is 1.85 bits per heavy atom. The highest BCUT2D eigenvalue weighted by Gasteiger charge is 2.22. The van der Waals surface area contributed by atoms with Crippen LogP contribution in [0.5, 0.6) is 5.75 Å². The van der Waals surface area contributed by atoms with Gasteiger partial charge in [-0.3, -0.25) is 14.7 Å². The molecule has 34 heavy (non-hydrogen) atoms. The molecule has 0 fully saturated rings. The van der Waals surface area contributed by atoms with Crippen LogP contribution in [0.25, 0.3) is 0 Å². The molecular formula is C26H32N4O4. The summed E-state index contributed by atoms with van der Waals surface area (Å²) in [5.74, 6) is 1.93. The molecule has 2 aromatic carbocycles. The molecule has 2 rings (SSSR count). The fourth-order valence-corrected chi connectivity index (χ4v) is 3.04. The molecule has 0 aliphatic rings. The number of ether oxygens (including phenoxy) is 1. The van der Waals surface area contributed by atoms with E-state index in [-0.39, 0.29) is 19.2 Å². The number of carbonyl (C=O) groups excluding carboxylic acids is 1. The van der Waals surface area contributed by atoms with Gasteiger partial charge in [-0.05, 0) is 62.2 Å². The van der Waals surface area contributed by atoms with E-state index in [1.807, 2.05) is 51.1 Å². The van der Waals surface area contributed by atoms with E-state index in [1.54, 1.807) is 19.2 Å². The number of amides is 2. The van der Waals surface area contributed by atoms with Crippen LogP contribution in [0.4, 0.5) is 10.5 Å². The summed E-state index contributed by atoms with van der Waals surface area (Å²) in [6, 6.07) is 12.4. The Hall–Kier alpha value is -3.99. The van der Waals surface area contributed by atoms with Crippen molar-refractivity contribution in [2.45, 2.75) is 40.3 Å². The number of nitrogens with zero attached hydrogens (tertiary/aromatic N) is 2. The lowest BCUT2D eigenvalue weighted by molar-refractivity contribution is -0.140. The van der Waals surface area contributed by atoms with Crippen LogP contribution >= 0.6 is 0 Å². The Morgan fingerprint density at radius 3 is 2.38 bits per heavy atom. The molecule has 0 saturated heterocycles. The molecule has 0 aliphatic heterocycles. The molecule has 0 unspecified atom stereocenters. The number of carboxylic acids is 1. The molecule has 0 aromatic heterocycles. The van der Waals surface area contributed by atoms with Crippen molar-refractivity contribution in [3.8, 4) is 18.1 Å². The van der Waals surface area contributed by atoms with E-state index < -0.39 is 17.9 Å². The maximum atomic E-state index is 13.1. The van der Waals surface area contributed by atoms with E-state index in [0.29, 0.717) is 5.96 Å². The Labute approximate surface area is 201 Å². The number of carboxylic acid groups (broad SMARTS) is 1. The zero-order chi connectivity index (χ0) is 25.3. The minimum Gasteiger partial charge on any atom is -0.491 e. The number of terminal acetylenes is 1. The summed E-state index contributed by atoms with van der Waals surface area (Å²) in [7, 11) is 1.58. The van der Waals surface area contributed by atoms with Gasteiger partial charge in [0.25, 0.3) is 0 Å². The van der Waals surface area contributed by atoms with E-state index in [0.717, 1.165) is 28.1 Å². The monoisotopic (exact) mass is 464 g/mol. The quantitative estimate of drug-likeness (QED) is 0.310. The van der Waals surface area contributed by atoms with Crippen LogP contribution in [0.1, 0.15) is 37.5 Å². The minimum absolute atomic E-state index is 0.0158. The number of carbonyl (C=O) groups is 2. The van der Waals surface area contributed by atoms with Gasteiger partial charge < -0.3 is 20.5 Å². The van der Waals surface area contributed by atoms with E-state index in [9.17, 15) is 9.59 Å². The van der Waals surface area contributed by atoms with Crippen molar-refractivity contribution < 1.29 is 19.4 Å². The molecule has 1 atom stereocenters. The number of hydrogen-bond acceptors (Lipinski definition) is 4. The van der Waals surface area contributed by atoms with Crippen LogP contribution < -0.4 is 15.4 Å². The number of urea groups is 1. The molecule has 2 amide bonds. The Kier molecular flexibility index (Phi) is 9.50. The van der Waals surface area contributed by atoms with Crippen molar-refractivity contribution in [1.82, 2.24) is 10.2 Å². The molecule has 0 radical (unpaired) electrons. The molecular weight excluding hydrogens is 432 g/mol. The van der Waals surface area contributed by atoms with Crippen LogP contribution in [0.2, 0.25) is 0 Å². The molecule has 0 aliphatic carbocycles. The zero-order valence-electron chi connectivity index (χ0n) is 20.3. The van der Waals surface area contributed by atoms with E-state index >= 15 is 0 Å². The average molecular weight is 465 g/mol. The lowest BCUT2D eigenvalue weighted by Gasteiger charge is -2.26. The van der Waals surface area contributed by atoms with Gasteiger partial charge in [0.15, 0.2) is 0 Å². The van der Waals surface area contributed by atoms with Gasteiger partial charge in [0.2, 0.25) is 5.96 Å². The van der Waals surface area contributed by atoms with Crippen molar-refractivity contribution in [2.24, 2.45) is 10.9 Å². The maximum absolute atomic E-state index is 13.1. The summed E-state index contributed by atoms with van der Waals surface area (Å²) < 4.78 is 5.79. The first-order chi connectivity index (χ1) is 16.1. The first-order valence-electron chi connectivity index (χ1n) is 11.0. The van der Waals surface area contributed by atoms with Gasteiger partial charge in [0.05, 0.1) is 18.6 Å². The first-order valence-corrected chi connectivity index (χ1v) is 11.0. The lowest BCUT2D eigenvalue weighted by atomic mass is 10.1. The number of guanidine groups is 1. The lowest BCUT2D eigenvalue weighted by Crippen LogP contribution is -2.47. The largest absolute Gasteiger partial charge is 0.491 e. The number of anilines is 1. The van der Waals surface area contributed by atoms with Gasteiger partial charge in [0, 0.05) is 24.8 Å². The third-order valence-corrected chi connectivity index (χ3v) is 4.95. The molecule has 0 saturated carbocycles. The van der Waals surface area contributed by atoms with E-state index in [2.05, 4.69) is 21.5 Å². The molecule has 8 heteroatoms. The second-order valence-corrected chi connectivity index (χ2v) is 8.17. The van der Waals surface area contributed by atoms with Crippen molar-refractivity contribution >= 4 is 23.6 Å². The van der Waals surface area contributed by atoms with Gasteiger partial charge in [0.1, 0.15) is 5.75 Å². The summed E-state index contributed by atoms with van der Waals surface area (Å²) in [5.41, 5.74) is 3.23. The van der Waals surface area contributed by atoms with Crippen LogP contribution in [-0.4, -0.2) is 47.7 Å². The Balaban J connectivity index is 2.28. The highest BCUT2D eigenvalue weighted by atomic mass is 16.5. The predicted octanol–water partition coefficient (Wildman–Crippen LogP) is 4.09. The van der Waals surface area contributed by atoms with Gasteiger partial charge >= 0.3 is 12.0 Å².